The van der Waals surface area contributed by atoms with Gasteiger partial charge >= 0.3 is 5.97 Å². The minimum atomic E-state index is -0.517. The summed E-state index contributed by atoms with van der Waals surface area (Å²) >= 11 is 0. The van der Waals surface area contributed by atoms with Gasteiger partial charge in [0, 0.05) is 5.69 Å². The number of hydrogen-bond donors (Lipinski definition) is 1. The SMILES string of the molecule is Cc1c(N)cccc1C(=O)OCC#N. The van der Waals surface area contributed by atoms with Crippen LogP contribution in [0.15, 0.2) is 18.2 Å². The van der Waals surface area contributed by atoms with Gasteiger partial charge in [0.25, 0.3) is 0 Å². The lowest BCUT2D eigenvalue weighted by molar-refractivity contribution is 0.0554. The van der Waals surface area contributed by atoms with Crippen molar-refractivity contribution in [3.05, 3.63) is 29.3 Å². The molecule has 0 bridgehead atoms. The number of nitriles is 1. The molecule has 0 aliphatic rings. The van der Waals surface area contributed by atoms with Crippen LogP contribution in [0.2, 0.25) is 0 Å². The van der Waals surface area contributed by atoms with Gasteiger partial charge < -0.3 is 10.5 Å². The third-order valence-electron chi connectivity index (χ3n) is 1.86. The average Bonchev–Trinajstić information content (AvgIpc) is 2.18. The number of hydrogen-bond acceptors (Lipinski definition) is 4. The van der Waals surface area contributed by atoms with Gasteiger partial charge in [0.05, 0.1) is 5.56 Å². The van der Waals surface area contributed by atoms with Crippen molar-refractivity contribution in [2.45, 2.75) is 6.92 Å². The second-order valence-corrected chi connectivity index (χ2v) is 2.75. The Labute approximate surface area is 81.9 Å². The fraction of sp³-hybridized carbons (Fsp3) is 0.200. The van der Waals surface area contributed by atoms with E-state index in [0.29, 0.717) is 16.8 Å². The van der Waals surface area contributed by atoms with E-state index in [1.165, 1.54) is 0 Å². The first-order chi connectivity index (χ1) is 6.66. The van der Waals surface area contributed by atoms with E-state index in [-0.39, 0.29) is 6.61 Å². The van der Waals surface area contributed by atoms with Crippen molar-refractivity contribution in [1.29, 1.82) is 5.26 Å². The minimum Gasteiger partial charge on any atom is -0.447 e. The molecule has 0 aliphatic heterocycles. The van der Waals surface area contributed by atoms with Crippen LogP contribution >= 0.6 is 0 Å². The molecule has 2 N–H and O–H groups in total. The quantitative estimate of drug-likeness (QED) is 0.562. The van der Waals surface area contributed by atoms with Gasteiger partial charge in [0.15, 0.2) is 6.61 Å². The van der Waals surface area contributed by atoms with Crippen molar-refractivity contribution in [1.82, 2.24) is 0 Å². The molecular formula is C10H10N2O2. The molecule has 0 spiro atoms. The van der Waals surface area contributed by atoms with E-state index in [2.05, 4.69) is 4.74 Å². The Kier molecular flexibility index (Phi) is 3.08. The van der Waals surface area contributed by atoms with E-state index in [9.17, 15) is 4.79 Å². The lowest BCUT2D eigenvalue weighted by Gasteiger charge is -2.06. The van der Waals surface area contributed by atoms with Gasteiger partial charge in [-0.25, -0.2) is 4.79 Å². The van der Waals surface area contributed by atoms with Gasteiger partial charge in [-0.05, 0) is 24.6 Å². The zero-order chi connectivity index (χ0) is 10.6. The van der Waals surface area contributed by atoms with Gasteiger partial charge in [0.2, 0.25) is 0 Å². The lowest BCUT2D eigenvalue weighted by Crippen LogP contribution is -2.08. The summed E-state index contributed by atoms with van der Waals surface area (Å²) < 4.78 is 4.66. The number of ether oxygens (including phenoxy) is 1. The average molecular weight is 190 g/mol. The van der Waals surface area contributed by atoms with E-state index in [0.717, 1.165) is 0 Å². The van der Waals surface area contributed by atoms with Gasteiger partial charge in [0.1, 0.15) is 6.07 Å². The van der Waals surface area contributed by atoms with Crippen LogP contribution in [0, 0.1) is 18.3 Å². The number of esters is 1. The summed E-state index contributed by atoms with van der Waals surface area (Å²) in [5.41, 5.74) is 7.23. The van der Waals surface area contributed by atoms with Crippen LogP contribution in [0.5, 0.6) is 0 Å². The molecule has 0 aliphatic carbocycles. The number of anilines is 1. The van der Waals surface area contributed by atoms with E-state index in [1.807, 2.05) is 0 Å². The lowest BCUT2D eigenvalue weighted by atomic mass is 10.1. The maximum Gasteiger partial charge on any atom is 0.339 e. The van der Waals surface area contributed by atoms with Gasteiger partial charge in [-0.15, -0.1) is 0 Å². The predicted molar refractivity (Wildman–Crippen MR) is 51.5 cm³/mol. The molecule has 0 fully saturated rings. The highest BCUT2D eigenvalue weighted by Crippen LogP contribution is 2.16. The summed E-state index contributed by atoms with van der Waals surface area (Å²) in [5.74, 6) is -0.517. The molecule has 0 saturated heterocycles. The summed E-state index contributed by atoms with van der Waals surface area (Å²) in [6, 6.07) is 6.72. The zero-order valence-electron chi connectivity index (χ0n) is 7.78. The van der Waals surface area contributed by atoms with Crippen LogP contribution in [0.25, 0.3) is 0 Å². The normalized spacial score (nSPS) is 9.14. The number of nitrogen functional groups attached to an aromatic ring is 1. The summed E-state index contributed by atoms with van der Waals surface area (Å²) in [6.07, 6.45) is 0. The van der Waals surface area contributed by atoms with Crippen molar-refractivity contribution < 1.29 is 9.53 Å². The summed E-state index contributed by atoms with van der Waals surface area (Å²) in [7, 11) is 0. The van der Waals surface area contributed by atoms with Crippen LogP contribution in [-0.4, -0.2) is 12.6 Å². The second kappa shape index (κ2) is 4.28. The third-order valence-corrected chi connectivity index (χ3v) is 1.86. The van der Waals surface area contributed by atoms with Gasteiger partial charge in [-0.1, -0.05) is 6.07 Å². The first kappa shape index (κ1) is 10.1. The molecule has 1 aromatic carbocycles. The summed E-state index contributed by atoms with van der Waals surface area (Å²) in [5, 5.41) is 8.23. The maximum absolute atomic E-state index is 11.3. The van der Waals surface area contributed by atoms with Gasteiger partial charge in [-0.3, -0.25) is 0 Å². The molecule has 0 amide bonds. The molecule has 0 aromatic heterocycles. The van der Waals surface area contributed by atoms with Crippen LogP contribution in [-0.2, 0) is 4.74 Å². The molecular weight excluding hydrogens is 180 g/mol. The second-order valence-electron chi connectivity index (χ2n) is 2.75. The summed E-state index contributed by atoms with van der Waals surface area (Å²) in [6.45, 7) is 1.49. The number of carbonyl (C=O) groups is 1. The minimum absolute atomic E-state index is 0.243. The molecule has 0 unspecified atom stereocenters. The fourth-order valence-electron chi connectivity index (χ4n) is 1.05. The standard InChI is InChI=1S/C10H10N2O2/c1-7-8(3-2-4-9(7)12)10(13)14-6-5-11/h2-4H,6,12H2,1H3. The predicted octanol–water partition coefficient (Wildman–Crippen LogP) is 1.26. The van der Waals surface area contributed by atoms with E-state index < -0.39 is 5.97 Å². The number of benzene rings is 1. The number of carbonyl (C=O) groups excluding carboxylic acids is 1. The topological polar surface area (TPSA) is 76.1 Å². The first-order valence-corrected chi connectivity index (χ1v) is 4.06. The highest BCUT2D eigenvalue weighted by molar-refractivity contribution is 5.92. The summed E-state index contributed by atoms with van der Waals surface area (Å²) in [4.78, 5) is 11.3. The Morgan fingerprint density at radius 2 is 2.36 bits per heavy atom. The molecule has 0 radical (unpaired) electrons. The number of rotatable bonds is 2. The van der Waals surface area contributed by atoms with Crippen molar-refractivity contribution in [2.24, 2.45) is 0 Å². The first-order valence-electron chi connectivity index (χ1n) is 4.06. The number of nitrogens with zero attached hydrogens (tertiary/aromatic N) is 1. The maximum atomic E-state index is 11.3. The van der Waals surface area contributed by atoms with Gasteiger partial charge in [-0.2, -0.15) is 5.26 Å². The molecule has 4 heteroatoms. The molecule has 0 atom stereocenters. The van der Waals surface area contributed by atoms with E-state index >= 15 is 0 Å². The van der Waals surface area contributed by atoms with E-state index in [4.69, 9.17) is 11.0 Å². The van der Waals surface area contributed by atoms with E-state index in [1.54, 1.807) is 31.2 Å². The van der Waals surface area contributed by atoms with Crippen molar-refractivity contribution in [2.75, 3.05) is 12.3 Å². The molecule has 14 heavy (non-hydrogen) atoms. The monoisotopic (exact) mass is 190 g/mol. The molecule has 0 saturated carbocycles. The highest BCUT2D eigenvalue weighted by atomic mass is 16.5. The van der Waals surface area contributed by atoms with Crippen LogP contribution in [0.3, 0.4) is 0 Å². The Balaban J connectivity index is 2.91. The molecule has 1 rings (SSSR count). The number of nitrogens with two attached hydrogens (primary N) is 1. The van der Waals surface area contributed by atoms with Crippen molar-refractivity contribution >= 4 is 11.7 Å². The molecule has 1 aromatic rings. The largest absolute Gasteiger partial charge is 0.447 e. The Bertz CT molecular complexity index is 394. The van der Waals surface area contributed by atoms with Crippen LogP contribution < -0.4 is 5.73 Å². The Morgan fingerprint density at radius 1 is 1.64 bits per heavy atom. The Morgan fingerprint density at radius 3 is 3.00 bits per heavy atom. The highest BCUT2D eigenvalue weighted by Gasteiger charge is 2.10. The van der Waals surface area contributed by atoms with Crippen LogP contribution in [0.1, 0.15) is 15.9 Å². The van der Waals surface area contributed by atoms with Crippen LogP contribution in [0.4, 0.5) is 5.69 Å². The van der Waals surface area contributed by atoms with Crippen molar-refractivity contribution in [3.8, 4) is 6.07 Å². The fourth-order valence-corrected chi connectivity index (χ4v) is 1.05. The van der Waals surface area contributed by atoms with Crippen molar-refractivity contribution in [3.63, 3.8) is 0 Å². The smallest absolute Gasteiger partial charge is 0.339 e. The Hall–Kier alpha value is -2.02. The molecule has 72 valence electrons. The zero-order valence-corrected chi connectivity index (χ0v) is 7.78. The molecule has 0 heterocycles. The third kappa shape index (κ3) is 2.02. The molecule has 4 nitrogen and oxygen atoms in total.